The highest BCUT2D eigenvalue weighted by molar-refractivity contribution is 7.91. The molecule has 1 unspecified atom stereocenters. The maximum atomic E-state index is 13.0. The van der Waals surface area contributed by atoms with Gasteiger partial charge in [0.05, 0.1) is 40.2 Å². The number of hydrogen-bond donors (Lipinski definition) is 1. The molecule has 1 fully saturated rings. The molecule has 2 aliphatic rings. The van der Waals surface area contributed by atoms with Crippen molar-refractivity contribution < 1.29 is 26.4 Å². The fourth-order valence-corrected chi connectivity index (χ4v) is 8.03. The van der Waals surface area contributed by atoms with E-state index in [1.54, 1.807) is 19.1 Å². The van der Waals surface area contributed by atoms with Gasteiger partial charge in [-0.25, -0.2) is 13.4 Å². The van der Waals surface area contributed by atoms with Gasteiger partial charge in [-0.3, -0.25) is 19.7 Å². The predicted octanol–water partition coefficient (Wildman–Crippen LogP) is 6.30. The molecule has 42 heavy (non-hydrogen) atoms. The first kappa shape index (κ1) is 30.6. The van der Waals surface area contributed by atoms with Gasteiger partial charge in [0.15, 0.2) is 15.0 Å². The van der Waals surface area contributed by atoms with Crippen LogP contribution in [0.25, 0.3) is 0 Å². The normalized spacial score (nSPS) is 18.1. The highest BCUT2D eigenvalue weighted by Crippen LogP contribution is 2.43. The molecule has 5 rings (SSSR count). The van der Waals surface area contributed by atoms with Crippen molar-refractivity contribution in [3.63, 3.8) is 0 Å². The van der Waals surface area contributed by atoms with Crippen LogP contribution in [0.3, 0.4) is 0 Å². The molecule has 0 bridgehead atoms. The second-order valence-corrected chi connectivity index (χ2v) is 14.6. The Balaban J connectivity index is 1.27. The fraction of sp³-hybridized carbons (Fsp3) is 0.517. The van der Waals surface area contributed by atoms with E-state index in [0.717, 1.165) is 42.3 Å². The molecule has 0 radical (unpaired) electrons. The molecule has 1 aliphatic heterocycles. The first-order valence-electron chi connectivity index (χ1n) is 14.1. The van der Waals surface area contributed by atoms with E-state index in [2.05, 4.69) is 34.0 Å². The third-order valence-electron chi connectivity index (χ3n) is 7.87. The largest absolute Gasteiger partial charge is 0.433 e. The minimum atomic E-state index is -4.48. The Morgan fingerprint density at radius 2 is 1.86 bits per heavy atom. The molecule has 3 aromatic heterocycles. The van der Waals surface area contributed by atoms with Crippen molar-refractivity contribution in [2.45, 2.75) is 89.0 Å². The molecule has 1 atom stereocenters. The number of nitrogens with zero attached hydrogens (tertiary/aromatic N) is 4. The van der Waals surface area contributed by atoms with Crippen LogP contribution >= 0.6 is 11.3 Å². The van der Waals surface area contributed by atoms with Crippen molar-refractivity contribution in [1.82, 2.24) is 19.9 Å². The summed E-state index contributed by atoms with van der Waals surface area (Å²) in [6.07, 6.45) is 0.640. The third-order valence-corrected chi connectivity index (χ3v) is 10.6. The molecule has 1 aliphatic carbocycles. The number of halogens is 3. The Labute approximate surface area is 247 Å². The lowest BCUT2D eigenvalue weighted by molar-refractivity contribution is -0.141. The summed E-state index contributed by atoms with van der Waals surface area (Å²) in [5, 5.41) is 3.36. The van der Waals surface area contributed by atoms with Crippen LogP contribution in [0.5, 0.6) is 0 Å². The lowest BCUT2D eigenvalue weighted by Gasteiger charge is -2.27. The summed E-state index contributed by atoms with van der Waals surface area (Å²) < 4.78 is 64.1. The molecule has 4 heterocycles. The van der Waals surface area contributed by atoms with Gasteiger partial charge in [0.2, 0.25) is 5.91 Å². The number of aromatic nitrogens is 3. The Morgan fingerprint density at radius 1 is 1.12 bits per heavy atom. The summed E-state index contributed by atoms with van der Waals surface area (Å²) in [5.74, 6) is -0.0259. The van der Waals surface area contributed by atoms with E-state index in [-0.39, 0.29) is 40.9 Å². The van der Waals surface area contributed by atoms with Crippen molar-refractivity contribution in [3.05, 3.63) is 63.7 Å². The number of carbonyl (C=O) groups excluding carboxylic acids is 1. The van der Waals surface area contributed by atoms with E-state index >= 15 is 0 Å². The Hall–Kier alpha value is -2.90. The van der Waals surface area contributed by atoms with Crippen LogP contribution in [0.1, 0.15) is 91.6 Å². The SMILES string of the molecule is CCS(=O)(=O)c1ccc(CC(=O)Nc2nc3c(s2)CN(Cc2ccc(C(F)(F)F)nc2)C3C(C)C)nc1C1CCCC1. The van der Waals surface area contributed by atoms with E-state index in [9.17, 15) is 26.4 Å². The van der Waals surface area contributed by atoms with Gasteiger partial charge in [0.1, 0.15) is 5.69 Å². The fourth-order valence-electron chi connectivity index (χ4n) is 5.87. The quantitative estimate of drug-likeness (QED) is 0.299. The molecule has 1 saturated carbocycles. The molecule has 8 nitrogen and oxygen atoms in total. The number of amides is 1. The maximum Gasteiger partial charge on any atom is 0.433 e. The number of nitrogens with one attached hydrogen (secondary N) is 1. The molecule has 226 valence electrons. The van der Waals surface area contributed by atoms with Gasteiger partial charge in [-0.2, -0.15) is 13.2 Å². The second kappa shape index (κ2) is 12.0. The third kappa shape index (κ3) is 6.52. The number of fused-ring (bicyclic) bond motifs is 1. The number of pyridine rings is 2. The molecule has 1 amide bonds. The van der Waals surface area contributed by atoms with E-state index in [0.29, 0.717) is 35.2 Å². The molecule has 3 aromatic rings. The standard InChI is InChI=1S/C29H34F3N5O3S2/c1-4-42(39,40)22-11-10-20(34-25(22)19-7-5-6-8-19)13-24(38)35-28-36-26-21(41-28)16-37(27(26)17(2)3)15-18-9-12-23(33-14-18)29(30,31)32/h9-12,14,17,19,27H,4-8,13,15-16H2,1-3H3,(H,35,36,38). The number of hydrogen-bond acceptors (Lipinski definition) is 8. The van der Waals surface area contributed by atoms with Crippen LogP contribution in [-0.4, -0.2) is 39.9 Å². The summed E-state index contributed by atoms with van der Waals surface area (Å²) in [5.41, 5.74) is 1.72. The second-order valence-electron chi connectivity index (χ2n) is 11.3. The van der Waals surface area contributed by atoms with E-state index < -0.39 is 21.7 Å². The topological polar surface area (TPSA) is 105 Å². The summed E-state index contributed by atoms with van der Waals surface area (Å²) in [6.45, 7) is 6.73. The summed E-state index contributed by atoms with van der Waals surface area (Å²) in [4.78, 5) is 29.4. The first-order valence-corrected chi connectivity index (χ1v) is 16.6. The van der Waals surface area contributed by atoms with Gasteiger partial charge in [0.25, 0.3) is 0 Å². The van der Waals surface area contributed by atoms with Gasteiger partial charge >= 0.3 is 6.18 Å². The number of anilines is 1. The first-order chi connectivity index (χ1) is 19.9. The van der Waals surface area contributed by atoms with Crippen molar-refractivity contribution in [1.29, 1.82) is 0 Å². The highest BCUT2D eigenvalue weighted by atomic mass is 32.2. The lowest BCUT2D eigenvalue weighted by atomic mass is 10.0. The zero-order valence-electron chi connectivity index (χ0n) is 23.7. The summed E-state index contributed by atoms with van der Waals surface area (Å²) >= 11 is 1.39. The minimum absolute atomic E-state index is 0.00102. The Bertz CT molecular complexity index is 1550. The van der Waals surface area contributed by atoms with E-state index in [4.69, 9.17) is 4.98 Å². The summed E-state index contributed by atoms with van der Waals surface area (Å²) in [7, 11) is -3.43. The average molecular weight is 622 g/mol. The van der Waals surface area contributed by atoms with Crippen LogP contribution in [0.15, 0.2) is 35.4 Å². The van der Waals surface area contributed by atoms with E-state index in [1.165, 1.54) is 23.6 Å². The molecule has 0 aromatic carbocycles. The highest BCUT2D eigenvalue weighted by Gasteiger charge is 2.37. The van der Waals surface area contributed by atoms with Crippen LogP contribution in [-0.2, 0) is 40.3 Å². The van der Waals surface area contributed by atoms with Crippen LogP contribution in [0.2, 0.25) is 0 Å². The number of alkyl halides is 3. The van der Waals surface area contributed by atoms with Gasteiger partial charge in [-0.05, 0) is 42.5 Å². The number of rotatable bonds is 9. The molecular formula is C29H34F3N5O3S2. The molecule has 1 N–H and O–H groups in total. The van der Waals surface area contributed by atoms with Crippen molar-refractivity contribution >= 4 is 32.2 Å². The molecule has 0 saturated heterocycles. The van der Waals surface area contributed by atoms with Crippen LogP contribution < -0.4 is 5.32 Å². The van der Waals surface area contributed by atoms with Gasteiger partial charge in [0, 0.05) is 30.1 Å². The average Bonchev–Trinajstić information content (AvgIpc) is 3.65. The van der Waals surface area contributed by atoms with Crippen LogP contribution in [0.4, 0.5) is 18.3 Å². The summed E-state index contributed by atoms with van der Waals surface area (Å²) in [6, 6.07) is 5.60. The van der Waals surface area contributed by atoms with Gasteiger partial charge in [-0.15, -0.1) is 11.3 Å². The van der Waals surface area contributed by atoms with E-state index in [1.807, 2.05) is 0 Å². The Morgan fingerprint density at radius 3 is 2.48 bits per heavy atom. The zero-order chi connectivity index (χ0) is 30.2. The smallest absolute Gasteiger partial charge is 0.302 e. The van der Waals surface area contributed by atoms with Gasteiger partial charge in [-0.1, -0.05) is 39.7 Å². The van der Waals surface area contributed by atoms with Crippen molar-refractivity contribution in [2.24, 2.45) is 5.92 Å². The maximum absolute atomic E-state index is 13.0. The lowest BCUT2D eigenvalue weighted by Crippen LogP contribution is -2.26. The van der Waals surface area contributed by atoms with Gasteiger partial charge < -0.3 is 5.32 Å². The molecular weight excluding hydrogens is 587 g/mol. The predicted molar refractivity (Wildman–Crippen MR) is 154 cm³/mol. The number of sulfone groups is 1. The van der Waals surface area contributed by atoms with Crippen molar-refractivity contribution in [2.75, 3.05) is 11.1 Å². The zero-order valence-corrected chi connectivity index (χ0v) is 25.4. The molecule has 0 spiro atoms. The minimum Gasteiger partial charge on any atom is -0.302 e. The molecule has 13 heteroatoms. The number of thiazole rings is 1. The Kier molecular flexibility index (Phi) is 8.73. The van der Waals surface area contributed by atoms with Crippen molar-refractivity contribution in [3.8, 4) is 0 Å². The monoisotopic (exact) mass is 621 g/mol. The van der Waals surface area contributed by atoms with Crippen LogP contribution in [0, 0.1) is 5.92 Å². The number of carbonyl (C=O) groups is 1.